The summed E-state index contributed by atoms with van der Waals surface area (Å²) in [5.74, 6) is 1.76. The Kier molecular flexibility index (Phi) is 8.13. The number of nitrogens with one attached hydrogen (secondary N) is 2. The van der Waals surface area contributed by atoms with Crippen molar-refractivity contribution >= 4 is 68.7 Å². The van der Waals surface area contributed by atoms with Gasteiger partial charge in [-0.2, -0.15) is 5.10 Å². The van der Waals surface area contributed by atoms with Gasteiger partial charge in [-0.15, -0.1) is 0 Å². The number of hydrogen-bond donors (Lipinski definition) is 2. The number of methoxy groups -OCH3 is 2. The first-order valence-corrected chi connectivity index (χ1v) is 14.4. The largest absolute Gasteiger partial charge is 0.495 e. The Morgan fingerprint density at radius 3 is 2.36 bits per heavy atom. The van der Waals surface area contributed by atoms with Crippen LogP contribution < -0.4 is 25.0 Å². The maximum atomic E-state index is 12.3. The lowest BCUT2D eigenvalue weighted by atomic mass is 10.0. The molecule has 1 aliphatic heterocycles. The Morgan fingerprint density at radius 1 is 0.955 bits per heavy atom. The summed E-state index contributed by atoms with van der Waals surface area (Å²) in [6.07, 6.45) is 6.07. The summed E-state index contributed by atoms with van der Waals surface area (Å²) in [5, 5.41) is 12.0. The normalized spacial score (nSPS) is 13.7. The van der Waals surface area contributed by atoms with Gasteiger partial charge in [-0.25, -0.2) is 19.5 Å². The Morgan fingerprint density at radius 2 is 1.68 bits per heavy atom. The molecule has 1 fully saturated rings. The zero-order chi connectivity index (χ0) is 31.0. The van der Waals surface area contributed by atoms with Crippen LogP contribution in [0.3, 0.4) is 0 Å². The highest BCUT2D eigenvalue weighted by Gasteiger charge is 2.23. The van der Waals surface area contributed by atoms with Crippen molar-refractivity contribution in [1.29, 1.82) is 0 Å². The van der Waals surface area contributed by atoms with E-state index in [1.807, 2.05) is 18.2 Å². The number of rotatable bonds is 8. The topological polar surface area (TPSA) is 122 Å². The van der Waals surface area contributed by atoms with Crippen molar-refractivity contribution < 1.29 is 14.3 Å². The van der Waals surface area contributed by atoms with E-state index in [1.54, 1.807) is 23.0 Å². The summed E-state index contributed by atoms with van der Waals surface area (Å²) < 4.78 is 12.6. The molecule has 0 saturated carbocycles. The number of likely N-dealkylation sites (N-methyl/N-ethyl adjacent to an activating group) is 1. The fourth-order valence-electron chi connectivity index (χ4n) is 5.12. The standard InChI is InChI=1S/C30H29Cl2N9O3/c1-5-26(42)38-19-11-25(40-8-6-39(2)7-9-40)34-15-20(19)37-24-12-21-17(14-33-24)10-18(30-35-16-36-41(21)30)27-28(31)22(43-3)13-23(44-4)29(27)32/h5,10-16H,1,6-9H2,2-4H3,(H,33,37)(H,34,38,42). The number of aromatic nitrogens is 5. The second-order valence-corrected chi connectivity index (χ2v) is 10.9. The van der Waals surface area contributed by atoms with Crippen LogP contribution in [0.1, 0.15) is 0 Å². The zero-order valence-electron chi connectivity index (χ0n) is 24.3. The van der Waals surface area contributed by atoms with E-state index in [2.05, 4.69) is 54.1 Å². The third-order valence-corrected chi connectivity index (χ3v) is 8.24. The third-order valence-electron chi connectivity index (χ3n) is 7.49. The summed E-state index contributed by atoms with van der Waals surface area (Å²) in [5.41, 5.74) is 3.49. The van der Waals surface area contributed by atoms with E-state index in [9.17, 15) is 4.79 Å². The minimum atomic E-state index is -0.335. The minimum Gasteiger partial charge on any atom is -0.495 e. The Labute approximate surface area is 263 Å². The predicted molar refractivity (Wildman–Crippen MR) is 173 cm³/mol. The zero-order valence-corrected chi connectivity index (χ0v) is 25.8. The molecule has 0 bridgehead atoms. The lowest BCUT2D eigenvalue weighted by molar-refractivity contribution is -0.111. The molecular weight excluding hydrogens is 605 g/mol. The van der Waals surface area contributed by atoms with E-state index in [-0.39, 0.29) is 5.91 Å². The number of pyridine rings is 3. The van der Waals surface area contributed by atoms with Crippen molar-refractivity contribution in [2.45, 2.75) is 0 Å². The highest BCUT2D eigenvalue weighted by molar-refractivity contribution is 6.41. The number of fused-ring (bicyclic) bond motifs is 3. The lowest BCUT2D eigenvalue weighted by Gasteiger charge is -2.33. The molecule has 44 heavy (non-hydrogen) atoms. The quantitative estimate of drug-likeness (QED) is 0.218. The van der Waals surface area contributed by atoms with Gasteiger partial charge in [0.15, 0.2) is 5.65 Å². The number of carbonyl (C=O) groups excluding carboxylic acids is 1. The number of carbonyl (C=O) groups is 1. The van der Waals surface area contributed by atoms with Gasteiger partial charge >= 0.3 is 0 Å². The summed E-state index contributed by atoms with van der Waals surface area (Å²) >= 11 is 13.5. The summed E-state index contributed by atoms with van der Waals surface area (Å²) in [6.45, 7) is 7.12. The first-order chi connectivity index (χ1) is 21.3. The average molecular weight is 635 g/mol. The fourth-order valence-corrected chi connectivity index (χ4v) is 5.83. The highest BCUT2D eigenvalue weighted by Crippen LogP contribution is 2.47. The monoisotopic (exact) mass is 633 g/mol. The summed E-state index contributed by atoms with van der Waals surface area (Å²) in [4.78, 5) is 30.6. The second-order valence-electron chi connectivity index (χ2n) is 10.2. The number of piperazine rings is 1. The molecule has 12 nitrogen and oxygen atoms in total. The second kappa shape index (κ2) is 12.2. The molecule has 0 unspecified atom stereocenters. The molecule has 5 heterocycles. The number of hydrogen-bond acceptors (Lipinski definition) is 10. The van der Waals surface area contributed by atoms with Gasteiger partial charge in [0.1, 0.15) is 29.5 Å². The molecule has 5 aromatic rings. The SMILES string of the molecule is C=CC(=O)Nc1cc(N2CCN(C)CC2)ncc1Nc1cc2c(cn1)cc(-c1c(Cl)c(OC)cc(OC)c1Cl)c1ncnn12. The van der Waals surface area contributed by atoms with Crippen LogP contribution in [0.15, 0.2) is 55.6 Å². The molecule has 0 atom stereocenters. The van der Waals surface area contributed by atoms with Gasteiger partial charge in [0.2, 0.25) is 5.91 Å². The van der Waals surface area contributed by atoms with Crippen LogP contribution >= 0.6 is 23.2 Å². The van der Waals surface area contributed by atoms with Crippen LogP contribution in [-0.4, -0.2) is 82.8 Å². The molecule has 14 heteroatoms. The molecule has 0 spiro atoms. The molecule has 1 amide bonds. The molecule has 6 rings (SSSR count). The van der Waals surface area contributed by atoms with E-state index in [0.717, 1.165) is 42.9 Å². The van der Waals surface area contributed by atoms with Crippen LogP contribution in [0.2, 0.25) is 10.0 Å². The van der Waals surface area contributed by atoms with E-state index in [1.165, 1.54) is 26.6 Å². The van der Waals surface area contributed by atoms with E-state index >= 15 is 0 Å². The van der Waals surface area contributed by atoms with Crippen molar-refractivity contribution in [2.24, 2.45) is 0 Å². The van der Waals surface area contributed by atoms with Gasteiger partial charge in [0.25, 0.3) is 0 Å². The molecule has 0 aliphatic carbocycles. The Bertz CT molecular complexity index is 1880. The number of nitrogens with zero attached hydrogens (tertiary/aromatic N) is 7. The molecule has 1 aliphatic rings. The molecule has 0 radical (unpaired) electrons. The van der Waals surface area contributed by atoms with Crippen LogP contribution in [0.5, 0.6) is 11.5 Å². The summed E-state index contributed by atoms with van der Waals surface area (Å²) in [6, 6.07) is 7.22. The number of amides is 1. The van der Waals surface area contributed by atoms with Gasteiger partial charge in [0, 0.05) is 67.1 Å². The number of anilines is 4. The maximum absolute atomic E-state index is 12.3. The minimum absolute atomic E-state index is 0.315. The first kappa shape index (κ1) is 29.4. The maximum Gasteiger partial charge on any atom is 0.247 e. The summed E-state index contributed by atoms with van der Waals surface area (Å²) in [7, 11) is 5.14. The van der Waals surface area contributed by atoms with Crippen molar-refractivity contribution in [3.8, 4) is 22.6 Å². The van der Waals surface area contributed by atoms with Crippen LogP contribution in [0.25, 0.3) is 27.7 Å². The van der Waals surface area contributed by atoms with Gasteiger partial charge < -0.3 is 29.9 Å². The predicted octanol–water partition coefficient (Wildman–Crippen LogP) is 5.28. The molecule has 1 saturated heterocycles. The van der Waals surface area contributed by atoms with Crippen LogP contribution in [-0.2, 0) is 4.79 Å². The molecule has 1 aromatic carbocycles. The first-order valence-electron chi connectivity index (χ1n) is 13.7. The Balaban J connectivity index is 1.41. The highest BCUT2D eigenvalue weighted by atomic mass is 35.5. The van der Waals surface area contributed by atoms with Gasteiger partial charge in [-0.1, -0.05) is 29.8 Å². The van der Waals surface area contributed by atoms with Gasteiger partial charge in [0.05, 0.1) is 47.4 Å². The molecular formula is C30H29Cl2N9O3. The molecule has 4 aromatic heterocycles. The van der Waals surface area contributed by atoms with Crippen LogP contribution in [0, 0.1) is 0 Å². The third kappa shape index (κ3) is 5.43. The number of halogens is 2. The smallest absolute Gasteiger partial charge is 0.247 e. The van der Waals surface area contributed by atoms with E-state index in [0.29, 0.717) is 55.5 Å². The number of benzene rings is 1. The molecule has 2 N–H and O–H groups in total. The van der Waals surface area contributed by atoms with Crippen molar-refractivity contribution in [1.82, 2.24) is 29.5 Å². The van der Waals surface area contributed by atoms with E-state index < -0.39 is 0 Å². The van der Waals surface area contributed by atoms with Gasteiger partial charge in [-0.3, -0.25) is 4.79 Å². The Hall–Kier alpha value is -4.65. The lowest BCUT2D eigenvalue weighted by Crippen LogP contribution is -2.44. The number of ether oxygens (including phenoxy) is 2. The average Bonchev–Trinajstić information content (AvgIpc) is 3.53. The fraction of sp³-hybridized carbons (Fsp3) is 0.233. The van der Waals surface area contributed by atoms with Crippen molar-refractivity contribution in [2.75, 3.05) is 63.0 Å². The van der Waals surface area contributed by atoms with Crippen LogP contribution in [0.4, 0.5) is 23.0 Å². The van der Waals surface area contributed by atoms with E-state index in [4.69, 9.17) is 32.7 Å². The van der Waals surface area contributed by atoms with Crippen molar-refractivity contribution in [3.05, 3.63) is 65.7 Å². The van der Waals surface area contributed by atoms with Gasteiger partial charge in [-0.05, 0) is 19.2 Å². The molecule has 226 valence electrons. The van der Waals surface area contributed by atoms with Crippen molar-refractivity contribution in [3.63, 3.8) is 0 Å².